The Bertz CT molecular complexity index is 1710. The van der Waals surface area contributed by atoms with Gasteiger partial charge in [0.25, 0.3) is 0 Å². The van der Waals surface area contributed by atoms with Crippen LogP contribution in [0.3, 0.4) is 0 Å². The number of pyridine rings is 1. The van der Waals surface area contributed by atoms with Gasteiger partial charge >= 0.3 is 11.8 Å². The molecular weight excluding hydrogens is 557 g/mol. The maximum atomic E-state index is 15.0. The lowest BCUT2D eigenvalue weighted by molar-refractivity contribution is 0.114. The van der Waals surface area contributed by atoms with E-state index in [1.165, 1.54) is 15.5 Å². The third kappa shape index (κ3) is 5.11. The summed E-state index contributed by atoms with van der Waals surface area (Å²) in [6.45, 7) is 12.6. The van der Waals surface area contributed by atoms with Crippen molar-refractivity contribution in [3.63, 3.8) is 0 Å². The number of carboxylic acid groups (broad SMARTS) is 1. The summed E-state index contributed by atoms with van der Waals surface area (Å²) in [5.41, 5.74) is 2.85. The van der Waals surface area contributed by atoms with Crippen molar-refractivity contribution in [3.8, 4) is 16.9 Å². The molecule has 3 heterocycles. The average molecular weight is 592 g/mol. The molecule has 0 unspecified atom stereocenters. The molecule has 2 aromatic carbocycles. The molecule has 220 valence electrons. The van der Waals surface area contributed by atoms with E-state index in [2.05, 4.69) is 32.7 Å². The van der Waals surface area contributed by atoms with Gasteiger partial charge in [-0.25, -0.2) is 23.5 Å². The summed E-state index contributed by atoms with van der Waals surface area (Å²) in [5.74, 6) is 0.0672. The van der Waals surface area contributed by atoms with Crippen LogP contribution >= 0.6 is 11.6 Å². The second kappa shape index (κ2) is 11.4. The van der Waals surface area contributed by atoms with E-state index in [9.17, 15) is 14.7 Å². The molecule has 2 aromatic heterocycles. The normalized spacial score (nSPS) is 17.5. The van der Waals surface area contributed by atoms with Gasteiger partial charge in [0.2, 0.25) is 0 Å². The maximum absolute atomic E-state index is 15.0. The molecule has 1 fully saturated rings. The predicted octanol–water partition coefficient (Wildman–Crippen LogP) is 7.06. The van der Waals surface area contributed by atoms with E-state index in [-0.39, 0.29) is 46.7 Å². The number of amides is 1. The van der Waals surface area contributed by atoms with E-state index in [4.69, 9.17) is 16.6 Å². The predicted molar refractivity (Wildman–Crippen MR) is 165 cm³/mol. The van der Waals surface area contributed by atoms with E-state index < -0.39 is 17.6 Å². The number of carbonyl (C=O) groups is 1. The molecule has 10 heteroatoms. The van der Waals surface area contributed by atoms with Gasteiger partial charge in [0.15, 0.2) is 5.65 Å². The minimum atomic E-state index is -0.993. The number of halogens is 2. The standard InChI is InChI=1S/C32H35ClFN5O3/c1-17(2)21-11-9-12-22(18(3)4)28(21)39-30-24(14-25(33)27(35-30)23-10-7-8-13-26(23)34)29(36-31(39)40)37-15-20(6)38(32(41)42)16-19(37)5/h7-14,17-20H,15-16H2,1-6H3,(H,41,42)/t19-,20+/m0/s1. The Balaban J connectivity index is 1.88. The molecule has 1 aliphatic heterocycles. The number of anilines is 1. The van der Waals surface area contributed by atoms with Crippen molar-refractivity contribution in [2.45, 2.75) is 65.5 Å². The average Bonchev–Trinajstić information content (AvgIpc) is 2.93. The second-order valence-electron chi connectivity index (χ2n) is 11.6. The van der Waals surface area contributed by atoms with Crippen LogP contribution in [0.2, 0.25) is 5.02 Å². The molecular formula is C32H35ClFN5O3. The molecule has 1 N–H and O–H groups in total. The van der Waals surface area contributed by atoms with Crippen LogP contribution in [0.5, 0.6) is 0 Å². The zero-order valence-electron chi connectivity index (χ0n) is 24.6. The first kappa shape index (κ1) is 29.5. The van der Waals surface area contributed by atoms with Gasteiger partial charge in [-0.15, -0.1) is 0 Å². The summed E-state index contributed by atoms with van der Waals surface area (Å²) in [7, 11) is 0. The van der Waals surface area contributed by atoms with Crippen LogP contribution in [0.25, 0.3) is 28.0 Å². The third-order valence-electron chi connectivity index (χ3n) is 8.00. The molecule has 42 heavy (non-hydrogen) atoms. The summed E-state index contributed by atoms with van der Waals surface area (Å²) in [5, 5.41) is 10.4. The minimum absolute atomic E-state index is 0.0867. The van der Waals surface area contributed by atoms with E-state index in [0.717, 1.165) is 11.1 Å². The van der Waals surface area contributed by atoms with E-state index in [1.54, 1.807) is 24.3 Å². The molecule has 1 aliphatic rings. The minimum Gasteiger partial charge on any atom is -0.465 e. The van der Waals surface area contributed by atoms with Crippen molar-refractivity contribution >= 4 is 34.5 Å². The summed E-state index contributed by atoms with van der Waals surface area (Å²) in [6, 6.07) is 13.3. The highest BCUT2D eigenvalue weighted by molar-refractivity contribution is 6.33. The summed E-state index contributed by atoms with van der Waals surface area (Å²) in [6.07, 6.45) is -0.993. The Hall–Kier alpha value is -3.98. The number of fused-ring (bicyclic) bond motifs is 1. The quantitative estimate of drug-likeness (QED) is 0.267. The van der Waals surface area contributed by atoms with Crippen LogP contribution in [0.4, 0.5) is 15.0 Å². The number of nitrogens with zero attached hydrogens (tertiary/aromatic N) is 5. The van der Waals surface area contributed by atoms with Crippen LogP contribution in [-0.2, 0) is 0 Å². The fraction of sp³-hybridized carbons (Fsp3) is 0.375. The fourth-order valence-electron chi connectivity index (χ4n) is 5.83. The van der Waals surface area contributed by atoms with Crippen molar-refractivity contribution in [3.05, 3.63) is 81.0 Å². The first-order chi connectivity index (χ1) is 19.9. The Kier molecular flexibility index (Phi) is 7.98. The maximum Gasteiger partial charge on any atom is 0.407 e. The number of aromatic nitrogens is 3. The van der Waals surface area contributed by atoms with Crippen LogP contribution in [0.15, 0.2) is 53.3 Å². The lowest BCUT2D eigenvalue weighted by Crippen LogP contribution is -2.58. The lowest BCUT2D eigenvalue weighted by Gasteiger charge is -2.43. The molecule has 0 spiro atoms. The van der Waals surface area contributed by atoms with Gasteiger partial charge in [-0.05, 0) is 55.0 Å². The van der Waals surface area contributed by atoms with E-state index >= 15 is 4.39 Å². The first-order valence-electron chi connectivity index (χ1n) is 14.2. The largest absolute Gasteiger partial charge is 0.465 e. The summed E-state index contributed by atoms with van der Waals surface area (Å²) >= 11 is 6.80. The molecule has 4 aromatic rings. The highest BCUT2D eigenvalue weighted by atomic mass is 35.5. The number of benzene rings is 2. The number of hydrogen-bond acceptors (Lipinski definition) is 5. The SMILES string of the molecule is CC(C)c1cccc(C(C)C)c1-n1c(=O)nc(N2C[C@@H](C)N(C(=O)O)C[C@@H]2C)c2cc(Cl)c(-c3ccccc3F)nc21. The van der Waals surface area contributed by atoms with Gasteiger partial charge in [0.05, 0.1) is 21.8 Å². The van der Waals surface area contributed by atoms with E-state index in [1.807, 2.05) is 36.9 Å². The van der Waals surface area contributed by atoms with Crippen LogP contribution in [0.1, 0.15) is 64.5 Å². The molecule has 5 rings (SSSR count). The van der Waals surface area contributed by atoms with Crippen LogP contribution in [0, 0.1) is 5.82 Å². The molecule has 0 radical (unpaired) electrons. The van der Waals surface area contributed by atoms with Crippen molar-refractivity contribution in [2.75, 3.05) is 18.0 Å². The molecule has 0 aliphatic carbocycles. The first-order valence-corrected chi connectivity index (χ1v) is 14.6. The smallest absolute Gasteiger partial charge is 0.407 e. The monoisotopic (exact) mass is 591 g/mol. The number of rotatable bonds is 5. The highest BCUT2D eigenvalue weighted by Crippen LogP contribution is 2.38. The van der Waals surface area contributed by atoms with Crippen LogP contribution < -0.4 is 10.6 Å². The third-order valence-corrected chi connectivity index (χ3v) is 8.29. The molecule has 1 saturated heterocycles. The Morgan fingerprint density at radius 2 is 1.62 bits per heavy atom. The topological polar surface area (TPSA) is 91.6 Å². The van der Waals surface area contributed by atoms with Gasteiger partial charge in [-0.3, -0.25) is 0 Å². The zero-order valence-corrected chi connectivity index (χ0v) is 25.4. The van der Waals surface area contributed by atoms with Crippen molar-refractivity contribution in [1.82, 2.24) is 19.4 Å². The lowest BCUT2D eigenvalue weighted by atomic mass is 9.92. The van der Waals surface area contributed by atoms with Crippen molar-refractivity contribution < 1.29 is 14.3 Å². The highest BCUT2D eigenvalue weighted by Gasteiger charge is 2.34. The second-order valence-corrected chi connectivity index (χ2v) is 12.0. The Morgan fingerprint density at radius 3 is 2.21 bits per heavy atom. The Morgan fingerprint density at radius 1 is 0.976 bits per heavy atom. The Labute approximate surface area is 249 Å². The molecule has 8 nitrogen and oxygen atoms in total. The number of hydrogen-bond donors (Lipinski definition) is 1. The van der Waals surface area contributed by atoms with Gasteiger partial charge < -0.3 is 14.9 Å². The number of piperazine rings is 1. The van der Waals surface area contributed by atoms with Crippen molar-refractivity contribution in [2.24, 2.45) is 0 Å². The number of para-hydroxylation sites is 1. The van der Waals surface area contributed by atoms with Gasteiger partial charge in [0, 0.05) is 30.7 Å². The van der Waals surface area contributed by atoms with Crippen molar-refractivity contribution in [1.29, 1.82) is 0 Å². The zero-order chi connectivity index (χ0) is 30.5. The van der Waals surface area contributed by atoms with Gasteiger partial charge in [0.1, 0.15) is 11.6 Å². The summed E-state index contributed by atoms with van der Waals surface area (Å²) < 4.78 is 16.6. The molecule has 2 atom stereocenters. The fourth-order valence-corrected chi connectivity index (χ4v) is 6.08. The van der Waals surface area contributed by atoms with E-state index in [0.29, 0.717) is 29.1 Å². The van der Waals surface area contributed by atoms with Gasteiger partial charge in [-0.2, -0.15) is 4.98 Å². The summed E-state index contributed by atoms with van der Waals surface area (Å²) in [4.78, 5) is 38.8. The van der Waals surface area contributed by atoms with Crippen LogP contribution in [-0.4, -0.2) is 55.8 Å². The molecule has 0 saturated carbocycles. The molecule has 0 bridgehead atoms. The molecule has 1 amide bonds. The van der Waals surface area contributed by atoms with Gasteiger partial charge in [-0.1, -0.05) is 69.6 Å².